The van der Waals surface area contributed by atoms with E-state index in [9.17, 15) is 19.5 Å². The molecule has 2 heterocycles. The lowest BCUT2D eigenvalue weighted by molar-refractivity contribution is -0.143. The van der Waals surface area contributed by atoms with Gasteiger partial charge in [-0.25, -0.2) is 9.59 Å². The molecule has 37 heavy (non-hydrogen) atoms. The Bertz CT molecular complexity index is 1520. The van der Waals surface area contributed by atoms with E-state index in [1.807, 2.05) is 30.3 Å². The van der Waals surface area contributed by atoms with Crippen LogP contribution in [0.5, 0.6) is 5.75 Å². The Hall–Kier alpha value is -4.39. The van der Waals surface area contributed by atoms with Crippen molar-refractivity contribution in [1.29, 1.82) is 0 Å². The summed E-state index contributed by atoms with van der Waals surface area (Å²) in [7, 11) is 0. The Morgan fingerprint density at radius 1 is 1.03 bits per heavy atom. The van der Waals surface area contributed by atoms with Gasteiger partial charge in [-0.15, -0.1) is 0 Å². The molecule has 1 aliphatic heterocycles. The van der Waals surface area contributed by atoms with Crippen LogP contribution >= 0.6 is 0 Å². The number of ether oxygens (including phenoxy) is 1. The lowest BCUT2D eigenvalue weighted by Gasteiger charge is -2.32. The molecule has 1 aromatic heterocycles. The van der Waals surface area contributed by atoms with Crippen LogP contribution in [0.15, 0.2) is 82.0 Å². The van der Waals surface area contributed by atoms with Crippen molar-refractivity contribution in [2.45, 2.75) is 38.8 Å². The topological polar surface area (TPSA) is 97.0 Å². The molecular weight excluding hydrogens is 470 g/mol. The molecule has 0 spiro atoms. The molecule has 0 aliphatic carbocycles. The van der Waals surface area contributed by atoms with E-state index in [4.69, 9.17) is 9.15 Å². The van der Waals surface area contributed by atoms with Crippen molar-refractivity contribution in [3.05, 3.63) is 99.9 Å². The molecule has 1 fully saturated rings. The number of nitrogens with zero attached hydrogens (tertiary/aromatic N) is 1. The Morgan fingerprint density at radius 3 is 2.62 bits per heavy atom. The Kier molecular flexibility index (Phi) is 6.77. The Labute approximate surface area is 213 Å². The van der Waals surface area contributed by atoms with Crippen molar-refractivity contribution in [1.82, 2.24) is 4.90 Å². The minimum atomic E-state index is -1.07. The number of benzene rings is 3. The van der Waals surface area contributed by atoms with Gasteiger partial charge in [0.15, 0.2) is 0 Å². The number of hydrogen-bond acceptors (Lipinski definition) is 5. The molecule has 5 rings (SSSR count). The molecular formula is C30H27NO6. The van der Waals surface area contributed by atoms with Crippen molar-refractivity contribution < 1.29 is 23.8 Å². The van der Waals surface area contributed by atoms with E-state index in [0.29, 0.717) is 42.7 Å². The zero-order chi connectivity index (χ0) is 25.9. The molecule has 3 aromatic carbocycles. The average Bonchev–Trinajstić information content (AvgIpc) is 2.92. The van der Waals surface area contributed by atoms with Crippen molar-refractivity contribution in [3.63, 3.8) is 0 Å². The van der Waals surface area contributed by atoms with Gasteiger partial charge in [-0.3, -0.25) is 4.79 Å². The number of aliphatic carboxylic acids is 1. The van der Waals surface area contributed by atoms with Crippen LogP contribution in [-0.2, 0) is 11.4 Å². The molecule has 4 aromatic rings. The first-order valence-corrected chi connectivity index (χ1v) is 12.3. The minimum Gasteiger partial charge on any atom is -0.489 e. The quantitative estimate of drug-likeness (QED) is 0.357. The van der Waals surface area contributed by atoms with E-state index < -0.39 is 23.5 Å². The highest BCUT2D eigenvalue weighted by atomic mass is 16.5. The summed E-state index contributed by atoms with van der Waals surface area (Å²) in [5.41, 5.74) is 3.78. The van der Waals surface area contributed by atoms with Gasteiger partial charge in [-0.2, -0.15) is 0 Å². The van der Waals surface area contributed by atoms with Crippen LogP contribution < -0.4 is 10.4 Å². The molecule has 0 unspecified atom stereocenters. The van der Waals surface area contributed by atoms with Crippen LogP contribution in [0.25, 0.3) is 22.1 Å². The van der Waals surface area contributed by atoms with E-state index in [0.717, 1.165) is 28.7 Å². The highest BCUT2D eigenvalue weighted by molar-refractivity contribution is 5.98. The number of rotatable bonds is 6. The van der Waals surface area contributed by atoms with Crippen LogP contribution in [0.4, 0.5) is 0 Å². The monoisotopic (exact) mass is 497 g/mol. The van der Waals surface area contributed by atoms with E-state index in [1.165, 1.54) is 11.0 Å². The summed E-state index contributed by atoms with van der Waals surface area (Å²) in [6, 6.07) is 21.9. The van der Waals surface area contributed by atoms with Crippen molar-refractivity contribution in [2.24, 2.45) is 0 Å². The normalized spacial score (nSPS) is 15.5. The third-order valence-corrected chi connectivity index (χ3v) is 6.91. The second-order valence-corrected chi connectivity index (χ2v) is 9.24. The average molecular weight is 498 g/mol. The zero-order valence-corrected chi connectivity index (χ0v) is 20.5. The van der Waals surface area contributed by atoms with Gasteiger partial charge in [0, 0.05) is 18.0 Å². The maximum absolute atomic E-state index is 13.0. The molecule has 1 N–H and O–H groups in total. The number of carboxylic acid groups (broad SMARTS) is 1. The highest BCUT2D eigenvalue weighted by Gasteiger charge is 2.33. The van der Waals surface area contributed by atoms with Gasteiger partial charge in [-0.05, 0) is 66.6 Å². The molecule has 7 heteroatoms. The van der Waals surface area contributed by atoms with Crippen molar-refractivity contribution in [3.8, 4) is 16.9 Å². The molecule has 188 valence electrons. The molecule has 1 aliphatic rings. The lowest BCUT2D eigenvalue weighted by Crippen LogP contribution is -2.48. The zero-order valence-electron chi connectivity index (χ0n) is 20.5. The van der Waals surface area contributed by atoms with Gasteiger partial charge < -0.3 is 19.2 Å². The van der Waals surface area contributed by atoms with Gasteiger partial charge in [-0.1, -0.05) is 48.5 Å². The second-order valence-electron chi connectivity index (χ2n) is 9.24. The number of fused-ring (bicyclic) bond motifs is 1. The SMILES string of the molecule is Cc1c(COc2ccc3cc(C(=O)N4CCCC[C@@H]4C(=O)O)c(=O)oc3c2)cccc1-c1ccccc1. The Balaban J connectivity index is 1.36. The fraction of sp³-hybridized carbons (Fsp3) is 0.233. The number of hydrogen-bond donors (Lipinski definition) is 1. The summed E-state index contributed by atoms with van der Waals surface area (Å²) in [5.74, 6) is -1.15. The first-order chi connectivity index (χ1) is 17.9. The predicted octanol–water partition coefficient (Wildman–Crippen LogP) is 5.43. The van der Waals surface area contributed by atoms with Gasteiger partial charge in [0.05, 0.1) is 0 Å². The standard InChI is InChI=1S/C30H27NO6/c1-19-22(10-7-11-24(19)20-8-3-2-4-9-20)18-36-23-14-13-21-16-25(30(35)37-27(21)17-23)28(32)31-15-6-5-12-26(31)29(33)34/h2-4,7-11,13-14,16-17,26H,5-6,12,15,18H2,1H3,(H,33,34)/t26-/m1/s1. The van der Waals surface area contributed by atoms with E-state index in [1.54, 1.807) is 18.2 Å². The maximum Gasteiger partial charge on any atom is 0.349 e. The molecule has 0 saturated carbocycles. The lowest BCUT2D eigenvalue weighted by atomic mass is 9.97. The first kappa shape index (κ1) is 24.3. The summed E-state index contributed by atoms with van der Waals surface area (Å²) >= 11 is 0. The van der Waals surface area contributed by atoms with Crippen LogP contribution in [-0.4, -0.2) is 34.5 Å². The fourth-order valence-corrected chi connectivity index (χ4v) is 4.85. The highest BCUT2D eigenvalue weighted by Crippen LogP contribution is 2.28. The molecule has 0 bridgehead atoms. The molecule has 1 saturated heterocycles. The molecule has 0 radical (unpaired) electrons. The number of carboxylic acids is 1. The van der Waals surface area contributed by atoms with Gasteiger partial charge in [0.25, 0.3) is 5.91 Å². The first-order valence-electron chi connectivity index (χ1n) is 12.3. The maximum atomic E-state index is 13.0. The van der Waals surface area contributed by atoms with E-state index in [-0.39, 0.29) is 5.56 Å². The molecule has 1 atom stereocenters. The molecule has 7 nitrogen and oxygen atoms in total. The Morgan fingerprint density at radius 2 is 1.84 bits per heavy atom. The van der Waals surface area contributed by atoms with Crippen LogP contribution in [0.1, 0.15) is 40.7 Å². The van der Waals surface area contributed by atoms with E-state index >= 15 is 0 Å². The second kappa shape index (κ2) is 10.3. The number of amides is 1. The largest absolute Gasteiger partial charge is 0.489 e. The number of likely N-dealkylation sites (tertiary alicyclic amines) is 1. The molecule has 1 amide bonds. The van der Waals surface area contributed by atoms with Crippen molar-refractivity contribution >= 4 is 22.8 Å². The van der Waals surface area contributed by atoms with Gasteiger partial charge in [0.1, 0.15) is 29.5 Å². The van der Waals surface area contributed by atoms with Crippen molar-refractivity contribution in [2.75, 3.05) is 6.54 Å². The van der Waals surface area contributed by atoms with Gasteiger partial charge >= 0.3 is 11.6 Å². The van der Waals surface area contributed by atoms with E-state index in [2.05, 4.69) is 25.1 Å². The van der Waals surface area contributed by atoms with Crippen LogP contribution in [0.2, 0.25) is 0 Å². The summed E-state index contributed by atoms with van der Waals surface area (Å²) in [6.07, 6.45) is 1.79. The van der Waals surface area contributed by atoms with Crippen LogP contribution in [0, 0.1) is 6.92 Å². The summed E-state index contributed by atoms with van der Waals surface area (Å²) in [6.45, 7) is 2.70. The smallest absolute Gasteiger partial charge is 0.349 e. The predicted molar refractivity (Wildman–Crippen MR) is 140 cm³/mol. The summed E-state index contributed by atoms with van der Waals surface area (Å²) in [5, 5.41) is 10.0. The third kappa shape index (κ3) is 4.98. The third-order valence-electron chi connectivity index (χ3n) is 6.91. The van der Waals surface area contributed by atoms with Crippen LogP contribution in [0.3, 0.4) is 0 Å². The van der Waals surface area contributed by atoms with Gasteiger partial charge in [0.2, 0.25) is 0 Å². The minimum absolute atomic E-state index is 0.164. The summed E-state index contributed by atoms with van der Waals surface area (Å²) < 4.78 is 11.5. The number of carbonyl (C=O) groups is 2. The number of carbonyl (C=O) groups excluding carboxylic acids is 1. The summed E-state index contributed by atoms with van der Waals surface area (Å²) in [4.78, 5) is 38.6. The number of piperidine rings is 1. The fourth-order valence-electron chi connectivity index (χ4n) is 4.85.